The monoisotopic (exact) mass is 399 g/mol. The second kappa shape index (κ2) is 9.37. The van der Waals surface area contributed by atoms with Crippen LogP contribution in [0.3, 0.4) is 0 Å². The quantitative estimate of drug-likeness (QED) is 0.697. The van der Waals surface area contributed by atoms with Crippen molar-refractivity contribution >= 4 is 15.7 Å². The fraction of sp³-hybridized carbons (Fsp3) is 0.435. The highest BCUT2D eigenvalue weighted by atomic mass is 32.2. The summed E-state index contributed by atoms with van der Waals surface area (Å²) in [6.45, 7) is 2.20. The number of amides is 1. The van der Waals surface area contributed by atoms with E-state index in [0.717, 1.165) is 6.42 Å². The minimum Gasteiger partial charge on any atom is -0.349 e. The molecule has 3 rings (SSSR count). The summed E-state index contributed by atoms with van der Waals surface area (Å²) in [5.74, 6) is 0.450. The topological polar surface area (TPSA) is 63.2 Å². The molecule has 0 bridgehead atoms. The summed E-state index contributed by atoms with van der Waals surface area (Å²) in [5, 5.41) is 3.19. The highest BCUT2D eigenvalue weighted by Gasteiger charge is 2.28. The number of carbonyl (C=O) groups is 1. The first-order chi connectivity index (χ1) is 13.5. The van der Waals surface area contributed by atoms with Crippen LogP contribution in [0, 0.1) is 5.92 Å². The first kappa shape index (κ1) is 20.6. The molecule has 1 saturated carbocycles. The Bertz CT molecular complexity index is 876. The van der Waals surface area contributed by atoms with Gasteiger partial charge in [0.2, 0.25) is 0 Å². The van der Waals surface area contributed by atoms with Gasteiger partial charge in [-0.3, -0.25) is 4.79 Å². The Balaban J connectivity index is 1.61. The summed E-state index contributed by atoms with van der Waals surface area (Å²) in [6, 6.07) is 15.6. The van der Waals surface area contributed by atoms with Crippen LogP contribution in [-0.4, -0.2) is 20.4 Å². The molecule has 2 aromatic rings. The maximum Gasteiger partial charge on any atom is 0.251 e. The lowest BCUT2D eigenvalue weighted by molar-refractivity contribution is 0.0926. The molecule has 0 saturated heterocycles. The van der Waals surface area contributed by atoms with E-state index in [1.807, 2.05) is 0 Å². The number of sulfone groups is 1. The molecule has 1 aliphatic carbocycles. The van der Waals surface area contributed by atoms with Crippen molar-refractivity contribution in [1.29, 1.82) is 0 Å². The summed E-state index contributed by atoms with van der Waals surface area (Å²) in [4.78, 5) is 12.9. The Hall–Kier alpha value is -2.14. The standard InChI is InChI=1S/C23H29NO3S/c1-2-3-8-19-9-7-12-22(19)24-23(25)20-15-13-18(14-16-20)17-28(26,27)21-10-5-4-6-11-21/h4-6,10-11,13-16,19,22H,2-3,7-9,12,17H2,1H3,(H,24,25). The zero-order chi connectivity index (χ0) is 20.0. The van der Waals surface area contributed by atoms with Gasteiger partial charge in [-0.25, -0.2) is 8.42 Å². The van der Waals surface area contributed by atoms with E-state index in [9.17, 15) is 13.2 Å². The van der Waals surface area contributed by atoms with E-state index in [-0.39, 0.29) is 17.7 Å². The molecule has 150 valence electrons. The molecule has 0 spiro atoms. The number of hydrogen-bond acceptors (Lipinski definition) is 3. The van der Waals surface area contributed by atoms with E-state index in [0.29, 0.717) is 21.9 Å². The van der Waals surface area contributed by atoms with E-state index in [2.05, 4.69) is 12.2 Å². The molecule has 2 atom stereocenters. The summed E-state index contributed by atoms with van der Waals surface area (Å²) in [6.07, 6.45) is 6.99. The predicted molar refractivity (Wildman–Crippen MR) is 112 cm³/mol. The summed E-state index contributed by atoms with van der Waals surface area (Å²) >= 11 is 0. The number of hydrogen-bond donors (Lipinski definition) is 1. The number of carbonyl (C=O) groups excluding carboxylic acids is 1. The second-order valence-electron chi connectivity index (χ2n) is 7.68. The normalized spacial score (nSPS) is 19.5. The molecule has 1 fully saturated rings. The molecule has 1 N–H and O–H groups in total. The lowest BCUT2D eigenvalue weighted by atomic mass is 9.96. The molecule has 0 radical (unpaired) electrons. The smallest absolute Gasteiger partial charge is 0.251 e. The van der Waals surface area contributed by atoms with Crippen LogP contribution in [0.15, 0.2) is 59.5 Å². The highest BCUT2D eigenvalue weighted by Crippen LogP contribution is 2.30. The van der Waals surface area contributed by atoms with Gasteiger partial charge >= 0.3 is 0 Å². The van der Waals surface area contributed by atoms with E-state index in [1.165, 1.54) is 32.1 Å². The molecular weight excluding hydrogens is 370 g/mol. The van der Waals surface area contributed by atoms with Gasteiger partial charge in [0.15, 0.2) is 9.84 Å². The average molecular weight is 400 g/mol. The summed E-state index contributed by atoms with van der Waals surface area (Å²) in [5.41, 5.74) is 1.27. The number of rotatable bonds is 8. The van der Waals surface area contributed by atoms with E-state index >= 15 is 0 Å². The van der Waals surface area contributed by atoms with Crippen LogP contribution in [0.4, 0.5) is 0 Å². The molecule has 5 heteroatoms. The molecule has 2 unspecified atom stereocenters. The minimum absolute atomic E-state index is 0.0640. The first-order valence-corrected chi connectivity index (χ1v) is 11.8. The lowest BCUT2D eigenvalue weighted by Gasteiger charge is -2.21. The minimum atomic E-state index is -3.38. The predicted octanol–water partition coefficient (Wildman–Crippen LogP) is 4.75. The van der Waals surface area contributed by atoms with Crippen molar-refractivity contribution in [3.8, 4) is 0 Å². The van der Waals surface area contributed by atoms with Crippen LogP contribution in [0.2, 0.25) is 0 Å². The van der Waals surface area contributed by atoms with Gasteiger partial charge in [0, 0.05) is 11.6 Å². The molecule has 4 nitrogen and oxygen atoms in total. The van der Waals surface area contributed by atoms with Crippen molar-refractivity contribution in [3.63, 3.8) is 0 Å². The van der Waals surface area contributed by atoms with Crippen molar-refractivity contribution in [3.05, 3.63) is 65.7 Å². The number of unbranched alkanes of at least 4 members (excludes halogenated alkanes) is 1. The maximum absolute atomic E-state index is 12.6. The Labute approximate surface area is 168 Å². The second-order valence-corrected chi connectivity index (χ2v) is 9.67. The van der Waals surface area contributed by atoms with Crippen molar-refractivity contribution in [2.75, 3.05) is 0 Å². The third kappa shape index (κ3) is 5.22. The molecule has 0 aliphatic heterocycles. The van der Waals surface area contributed by atoms with Crippen LogP contribution < -0.4 is 5.32 Å². The van der Waals surface area contributed by atoms with Crippen molar-refractivity contribution in [2.45, 2.75) is 62.1 Å². The van der Waals surface area contributed by atoms with Gasteiger partial charge in [-0.05, 0) is 55.0 Å². The van der Waals surface area contributed by atoms with Gasteiger partial charge < -0.3 is 5.32 Å². The largest absolute Gasteiger partial charge is 0.349 e. The summed E-state index contributed by atoms with van der Waals surface area (Å²) in [7, 11) is -3.38. The van der Waals surface area contributed by atoms with E-state index in [4.69, 9.17) is 0 Å². The van der Waals surface area contributed by atoms with Gasteiger partial charge in [0.05, 0.1) is 10.6 Å². The molecule has 1 amide bonds. The zero-order valence-corrected chi connectivity index (χ0v) is 17.3. The van der Waals surface area contributed by atoms with Crippen LogP contribution in [-0.2, 0) is 15.6 Å². The van der Waals surface area contributed by atoms with Gasteiger partial charge in [0.1, 0.15) is 0 Å². The maximum atomic E-state index is 12.6. The van der Waals surface area contributed by atoms with Crippen molar-refractivity contribution in [2.24, 2.45) is 5.92 Å². The van der Waals surface area contributed by atoms with Crippen molar-refractivity contribution in [1.82, 2.24) is 5.32 Å². The van der Waals surface area contributed by atoms with Crippen LogP contribution in [0.1, 0.15) is 61.4 Å². The van der Waals surface area contributed by atoms with Gasteiger partial charge in [-0.1, -0.05) is 56.5 Å². The van der Waals surface area contributed by atoms with Gasteiger partial charge in [-0.15, -0.1) is 0 Å². The Morgan fingerprint density at radius 2 is 1.75 bits per heavy atom. The van der Waals surface area contributed by atoms with Gasteiger partial charge in [-0.2, -0.15) is 0 Å². The zero-order valence-electron chi connectivity index (χ0n) is 16.4. The fourth-order valence-corrected chi connectivity index (χ4v) is 5.34. The van der Waals surface area contributed by atoms with Crippen molar-refractivity contribution < 1.29 is 13.2 Å². The molecule has 1 aliphatic rings. The van der Waals surface area contributed by atoms with Crippen LogP contribution >= 0.6 is 0 Å². The molecule has 28 heavy (non-hydrogen) atoms. The SMILES string of the molecule is CCCCC1CCCC1NC(=O)c1ccc(CS(=O)(=O)c2ccccc2)cc1. The number of nitrogens with one attached hydrogen (secondary N) is 1. The highest BCUT2D eigenvalue weighted by molar-refractivity contribution is 7.90. The average Bonchev–Trinajstić information content (AvgIpc) is 3.14. The molecule has 0 aromatic heterocycles. The van der Waals surface area contributed by atoms with Gasteiger partial charge in [0.25, 0.3) is 5.91 Å². The first-order valence-electron chi connectivity index (χ1n) is 10.2. The molecule has 0 heterocycles. The lowest BCUT2D eigenvalue weighted by Crippen LogP contribution is -2.37. The van der Waals surface area contributed by atoms with E-state index < -0.39 is 9.84 Å². The fourth-order valence-electron chi connectivity index (χ4n) is 3.97. The Morgan fingerprint density at radius 3 is 2.43 bits per heavy atom. The number of benzene rings is 2. The Morgan fingerprint density at radius 1 is 1.04 bits per heavy atom. The van der Waals surface area contributed by atoms with Crippen LogP contribution in [0.25, 0.3) is 0 Å². The summed E-state index contributed by atoms with van der Waals surface area (Å²) < 4.78 is 25.0. The molecule has 2 aromatic carbocycles. The third-order valence-electron chi connectivity index (χ3n) is 5.58. The van der Waals surface area contributed by atoms with Crippen LogP contribution in [0.5, 0.6) is 0 Å². The Kier molecular flexibility index (Phi) is 6.89. The third-order valence-corrected chi connectivity index (χ3v) is 7.28. The van der Waals surface area contributed by atoms with E-state index in [1.54, 1.807) is 54.6 Å². The molecular formula is C23H29NO3S.